The molecule has 3 aromatic rings. The Morgan fingerprint density at radius 2 is 2.13 bits per heavy atom. The summed E-state index contributed by atoms with van der Waals surface area (Å²) < 4.78 is 1.69. The molecular formula is C18H16N6O6. The van der Waals surface area contributed by atoms with Crippen LogP contribution in [0.5, 0.6) is 5.75 Å². The minimum Gasteiger partial charge on any atom is -0.595 e. The molecule has 1 amide bonds. The van der Waals surface area contributed by atoms with Gasteiger partial charge in [-0.15, -0.1) is 0 Å². The molecule has 1 heterocycles. The van der Waals surface area contributed by atoms with Crippen molar-refractivity contribution >= 4 is 23.5 Å². The van der Waals surface area contributed by atoms with E-state index >= 15 is 0 Å². The maximum atomic E-state index is 12.3. The molecule has 1 aromatic heterocycles. The molecule has 12 heteroatoms. The van der Waals surface area contributed by atoms with Crippen molar-refractivity contribution in [3.05, 3.63) is 86.9 Å². The molecule has 0 radical (unpaired) electrons. The molecule has 12 nitrogen and oxygen atoms in total. The normalized spacial score (nSPS) is 12.1. The lowest BCUT2D eigenvalue weighted by Crippen LogP contribution is -2.99. The lowest BCUT2D eigenvalue weighted by molar-refractivity contribution is -0.991. The summed E-state index contributed by atoms with van der Waals surface area (Å²) in [6.45, 7) is 0.469. The van der Waals surface area contributed by atoms with E-state index in [2.05, 4.69) is 15.6 Å². The van der Waals surface area contributed by atoms with Crippen molar-refractivity contribution in [1.82, 2.24) is 15.2 Å². The predicted octanol–water partition coefficient (Wildman–Crippen LogP) is 0.712. The zero-order valence-electron chi connectivity index (χ0n) is 15.3. The van der Waals surface area contributed by atoms with Crippen LogP contribution >= 0.6 is 0 Å². The highest BCUT2D eigenvalue weighted by molar-refractivity contribution is 5.95. The SMILES string of the molecule is O=C(N/N=C/c1cc([NH+]([O-])O)cc([N+](=O)[O-])c1O)c1cccc(Cn2cccn2)c1. The van der Waals surface area contributed by atoms with Crippen LogP contribution in [-0.4, -0.2) is 37.1 Å². The van der Waals surface area contributed by atoms with Crippen LogP contribution in [-0.2, 0) is 6.54 Å². The molecule has 2 aromatic carbocycles. The average molecular weight is 412 g/mol. The summed E-state index contributed by atoms with van der Waals surface area (Å²) in [5, 5.41) is 47.5. The van der Waals surface area contributed by atoms with E-state index in [0.717, 1.165) is 23.9 Å². The number of phenols is 1. The van der Waals surface area contributed by atoms with Crippen molar-refractivity contribution in [2.75, 3.05) is 0 Å². The van der Waals surface area contributed by atoms with E-state index in [4.69, 9.17) is 5.21 Å². The number of aromatic nitrogens is 2. The summed E-state index contributed by atoms with van der Waals surface area (Å²) in [6.07, 6.45) is 4.36. The molecule has 30 heavy (non-hydrogen) atoms. The molecule has 0 aliphatic heterocycles. The molecule has 0 aliphatic rings. The zero-order chi connectivity index (χ0) is 21.7. The number of carbonyl (C=O) groups excluding carboxylic acids is 1. The number of aromatic hydroxyl groups is 1. The highest BCUT2D eigenvalue weighted by Gasteiger charge is 2.21. The van der Waals surface area contributed by atoms with Gasteiger partial charge in [0.25, 0.3) is 5.91 Å². The Kier molecular flexibility index (Phi) is 6.12. The molecule has 1 atom stereocenters. The number of amides is 1. The fourth-order valence-electron chi connectivity index (χ4n) is 2.62. The van der Waals surface area contributed by atoms with E-state index in [9.17, 15) is 25.2 Å². The van der Waals surface area contributed by atoms with Gasteiger partial charge in [0.2, 0.25) is 5.75 Å². The monoisotopic (exact) mass is 412 g/mol. The van der Waals surface area contributed by atoms with Gasteiger partial charge in [-0.3, -0.25) is 19.6 Å². The second kappa shape index (κ2) is 8.91. The molecule has 0 fully saturated rings. The lowest BCUT2D eigenvalue weighted by atomic mass is 10.1. The summed E-state index contributed by atoms with van der Waals surface area (Å²) in [7, 11) is 0. The topological polar surface area (TPSA) is 170 Å². The van der Waals surface area contributed by atoms with Gasteiger partial charge in [0.1, 0.15) is 0 Å². The van der Waals surface area contributed by atoms with Gasteiger partial charge in [0.15, 0.2) is 5.69 Å². The first-order valence-corrected chi connectivity index (χ1v) is 8.49. The number of nitro benzene ring substituents is 1. The summed E-state index contributed by atoms with van der Waals surface area (Å²) in [4.78, 5) is 22.4. The van der Waals surface area contributed by atoms with Gasteiger partial charge in [-0.1, -0.05) is 12.1 Å². The Balaban J connectivity index is 1.75. The van der Waals surface area contributed by atoms with Crippen LogP contribution in [0, 0.1) is 15.3 Å². The number of quaternary nitrogens is 1. The minimum atomic E-state index is -1.41. The number of nitrogens with zero attached hydrogens (tertiary/aromatic N) is 4. The maximum Gasteiger partial charge on any atom is 0.317 e. The van der Waals surface area contributed by atoms with Crippen molar-refractivity contribution < 1.29 is 25.3 Å². The fourth-order valence-corrected chi connectivity index (χ4v) is 2.62. The molecule has 154 valence electrons. The Morgan fingerprint density at radius 1 is 1.33 bits per heavy atom. The largest absolute Gasteiger partial charge is 0.595 e. The first-order valence-electron chi connectivity index (χ1n) is 8.49. The molecule has 1 unspecified atom stereocenters. The Morgan fingerprint density at radius 3 is 2.80 bits per heavy atom. The van der Waals surface area contributed by atoms with E-state index in [1.54, 1.807) is 41.3 Å². The molecular weight excluding hydrogens is 396 g/mol. The van der Waals surface area contributed by atoms with Crippen LogP contribution in [0.3, 0.4) is 0 Å². The Bertz CT molecular complexity index is 1100. The van der Waals surface area contributed by atoms with E-state index < -0.39 is 33.2 Å². The fraction of sp³-hybridized carbons (Fsp3) is 0.0556. The average Bonchev–Trinajstić information content (AvgIpc) is 3.22. The number of phenolic OH excluding ortho intramolecular Hbond substituents is 1. The number of hydrazone groups is 1. The molecule has 4 N–H and O–H groups in total. The standard InChI is InChI=1S/C18H16N6O6/c25-17-14(8-15(23(27)28)9-16(17)24(29)30)10-19-21-18(26)13-4-1-3-12(7-13)11-22-6-2-5-20-22/h1-10,23,25,27H,11H2,(H,21,26)/b19-10+. The first-order chi connectivity index (χ1) is 14.3. The van der Waals surface area contributed by atoms with E-state index in [1.165, 1.54) is 0 Å². The van der Waals surface area contributed by atoms with Crippen molar-refractivity contribution in [2.24, 2.45) is 5.10 Å². The third-order valence-corrected chi connectivity index (χ3v) is 4.03. The summed E-state index contributed by atoms with van der Waals surface area (Å²) in [6, 6.07) is 10.3. The van der Waals surface area contributed by atoms with Gasteiger partial charge in [-0.25, -0.2) is 10.6 Å². The second-order valence-corrected chi connectivity index (χ2v) is 6.10. The summed E-state index contributed by atoms with van der Waals surface area (Å²) in [5.74, 6) is -1.32. The van der Waals surface area contributed by atoms with Crippen LogP contribution < -0.4 is 10.7 Å². The van der Waals surface area contributed by atoms with Gasteiger partial charge < -0.3 is 10.3 Å². The third-order valence-electron chi connectivity index (χ3n) is 4.03. The van der Waals surface area contributed by atoms with Gasteiger partial charge in [0, 0.05) is 29.6 Å². The van der Waals surface area contributed by atoms with Gasteiger partial charge in [0.05, 0.1) is 23.7 Å². The van der Waals surface area contributed by atoms with Crippen LogP contribution in [0.1, 0.15) is 21.5 Å². The molecule has 3 rings (SSSR count). The molecule has 0 spiro atoms. The Hall–Kier alpha value is -4.13. The third kappa shape index (κ3) is 4.82. The van der Waals surface area contributed by atoms with Crippen LogP contribution in [0.2, 0.25) is 0 Å². The Labute approximate surface area is 169 Å². The zero-order valence-corrected chi connectivity index (χ0v) is 15.3. The van der Waals surface area contributed by atoms with Gasteiger partial charge >= 0.3 is 5.69 Å². The highest BCUT2D eigenvalue weighted by atomic mass is 16.8. The quantitative estimate of drug-likeness (QED) is 0.192. The molecule has 0 saturated carbocycles. The van der Waals surface area contributed by atoms with Gasteiger partial charge in [-0.2, -0.15) is 15.4 Å². The van der Waals surface area contributed by atoms with Crippen molar-refractivity contribution in [1.29, 1.82) is 0 Å². The van der Waals surface area contributed by atoms with Crippen LogP contribution in [0.4, 0.5) is 11.4 Å². The number of hydrogen-bond donors (Lipinski definition) is 4. The number of nitro groups is 1. The second-order valence-electron chi connectivity index (χ2n) is 6.10. The van der Waals surface area contributed by atoms with E-state index in [0.29, 0.717) is 12.1 Å². The molecule has 0 bridgehead atoms. The summed E-state index contributed by atoms with van der Waals surface area (Å²) >= 11 is 0. The number of rotatable bonds is 7. The van der Waals surface area contributed by atoms with E-state index in [1.807, 2.05) is 6.07 Å². The number of hydrogen-bond acceptors (Lipinski definition) is 8. The number of benzene rings is 2. The smallest absolute Gasteiger partial charge is 0.317 e. The van der Waals surface area contributed by atoms with Crippen LogP contribution in [0.15, 0.2) is 60.0 Å². The maximum absolute atomic E-state index is 12.3. The van der Waals surface area contributed by atoms with Crippen molar-refractivity contribution in [2.45, 2.75) is 6.54 Å². The van der Waals surface area contributed by atoms with Gasteiger partial charge in [-0.05, 0) is 23.8 Å². The predicted molar refractivity (Wildman–Crippen MR) is 103 cm³/mol. The summed E-state index contributed by atoms with van der Waals surface area (Å²) in [5.41, 5.74) is 1.97. The van der Waals surface area contributed by atoms with E-state index in [-0.39, 0.29) is 5.56 Å². The molecule has 0 aliphatic carbocycles. The van der Waals surface area contributed by atoms with Crippen LogP contribution in [0.25, 0.3) is 0 Å². The first kappa shape index (κ1) is 20.6. The highest BCUT2D eigenvalue weighted by Crippen LogP contribution is 2.31. The lowest BCUT2D eigenvalue weighted by Gasteiger charge is -2.12. The van der Waals surface area contributed by atoms with Crippen molar-refractivity contribution in [3.63, 3.8) is 0 Å². The minimum absolute atomic E-state index is 0.227. The molecule has 0 saturated heterocycles. The van der Waals surface area contributed by atoms with Crippen molar-refractivity contribution in [3.8, 4) is 5.75 Å². The number of nitrogens with one attached hydrogen (secondary N) is 2. The number of carbonyl (C=O) groups is 1.